The molecule has 0 bridgehead atoms. The van der Waals surface area contributed by atoms with Crippen LogP contribution in [0.25, 0.3) is 0 Å². The Bertz CT molecular complexity index is 456. The van der Waals surface area contributed by atoms with E-state index in [1.807, 2.05) is 39.1 Å². The zero-order valence-corrected chi connectivity index (χ0v) is 12.2. The van der Waals surface area contributed by atoms with E-state index in [0.29, 0.717) is 6.54 Å². The first kappa shape index (κ1) is 14.8. The van der Waals surface area contributed by atoms with E-state index < -0.39 is 5.60 Å². The minimum Gasteiger partial charge on any atom is -0.444 e. The van der Waals surface area contributed by atoms with Crippen LogP contribution in [0.5, 0.6) is 0 Å². The molecular weight excluding hydrogens is 256 g/mol. The number of aliphatic hydroxyl groups is 1. The van der Waals surface area contributed by atoms with Crippen LogP contribution in [0.2, 0.25) is 0 Å². The van der Waals surface area contributed by atoms with Gasteiger partial charge in [-0.3, -0.25) is 4.98 Å². The van der Waals surface area contributed by atoms with Crippen LogP contribution in [0.4, 0.5) is 4.79 Å². The molecule has 2 rings (SSSR count). The fourth-order valence-corrected chi connectivity index (χ4v) is 2.49. The van der Waals surface area contributed by atoms with Crippen molar-refractivity contribution in [3.63, 3.8) is 0 Å². The summed E-state index contributed by atoms with van der Waals surface area (Å²) in [6, 6.07) is 3.71. The van der Waals surface area contributed by atoms with Crippen molar-refractivity contribution in [2.24, 2.45) is 0 Å². The summed E-state index contributed by atoms with van der Waals surface area (Å²) < 4.78 is 5.40. The number of aromatic nitrogens is 1. The molecule has 0 spiro atoms. The molecule has 1 aliphatic rings. The molecule has 2 atom stereocenters. The SMILES string of the molecule is CC(C)(C)OC(=O)N1CC(c2cccnc2)C[C@H]1CO. The van der Waals surface area contributed by atoms with Gasteiger partial charge in [0.1, 0.15) is 5.60 Å². The van der Waals surface area contributed by atoms with Crippen molar-refractivity contribution in [3.05, 3.63) is 30.1 Å². The van der Waals surface area contributed by atoms with Gasteiger partial charge in [-0.05, 0) is 38.8 Å². The van der Waals surface area contributed by atoms with Crippen LogP contribution in [-0.4, -0.2) is 45.9 Å². The molecule has 0 radical (unpaired) electrons. The lowest BCUT2D eigenvalue weighted by Gasteiger charge is -2.27. The molecule has 1 aromatic rings. The van der Waals surface area contributed by atoms with Crippen molar-refractivity contribution in [2.45, 2.75) is 44.8 Å². The topological polar surface area (TPSA) is 62.7 Å². The number of ether oxygens (including phenoxy) is 1. The van der Waals surface area contributed by atoms with Gasteiger partial charge in [-0.25, -0.2) is 4.79 Å². The molecule has 1 amide bonds. The van der Waals surface area contributed by atoms with E-state index in [4.69, 9.17) is 4.74 Å². The predicted molar refractivity (Wildman–Crippen MR) is 75.4 cm³/mol. The fourth-order valence-electron chi connectivity index (χ4n) is 2.49. The first-order valence-corrected chi connectivity index (χ1v) is 6.91. The van der Waals surface area contributed by atoms with Crippen molar-refractivity contribution >= 4 is 6.09 Å². The summed E-state index contributed by atoms with van der Waals surface area (Å²) in [5, 5.41) is 9.48. The van der Waals surface area contributed by atoms with Crippen LogP contribution < -0.4 is 0 Å². The number of aliphatic hydroxyl groups excluding tert-OH is 1. The number of amides is 1. The molecule has 20 heavy (non-hydrogen) atoms. The highest BCUT2D eigenvalue weighted by Gasteiger charge is 2.37. The first-order chi connectivity index (χ1) is 9.40. The summed E-state index contributed by atoms with van der Waals surface area (Å²) in [7, 11) is 0. The first-order valence-electron chi connectivity index (χ1n) is 6.91. The molecule has 5 heteroatoms. The van der Waals surface area contributed by atoms with Crippen molar-refractivity contribution in [1.29, 1.82) is 0 Å². The van der Waals surface area contributed by atoms with Gasteiger partial charge in [0, 0.05) is 24.9 Å². The molecule has 0 aromatic carbocycles. The lowest BCUT2D eigenvalue weighted by molar-refractivity contribution is 0.0174. The number of hydrogen-bond acceptors (Lipinski definition) is 4. The second kappa shape index (κ2) is 5.79. The second-order valence-electron chi connectivity index (χ2n) is 6.19. The average molecular weight is 278 g/mol. The normalized spacial score (nSPS) is 22.9. The van der Waals surface area contributed by atoms with E-state index in [9.17, 15) is 9.90 Å². The molecule has 1 unspecified atom stereocenters. The van der Waals surface area contributed by atoms with E-state index in [0.717, 1.165) is 12.0 Å². The summed E-state index contributed by atoms with van der Waals surface area (Å²) in [6.07, 6.45) is 3.93. The number of carbonyl (C=O) groups excluding carboxylic acids is 1. The molecule has 1 aliphatic heterocycles. The van der Waals surface area contributed by atoms with Gasteiger partial charge in [-0.2, -0.15) is 0 Å². The Kier molecular flexibility index (Phi) is 4.28. The van der Waals surface area contributed by atoms with Crippen molar-refractivity contribution in [2.75, 3.05) is 13.2 Å². The van der Waals surface area contributed by atoms with Gasteiger partial charge in [0.25, 0.3) is 0 Å². The zero-order chi connectivity index (χ0) is 14.8. The van der Waals surface area contributed by atoms with Crippen LogP contribution in [0.15, 0.2) is 24.5 Å². The summed E-state index contributed by atoms with van der Waals surface area (Å²) in [5.74, 6) is 0.202. The van der Waals surface area contributed by atoms with E-state index in [1.165, 1.54) is 0 Å². The third-order valence-corrected chi connectivity index (χ3v) is 3.41. The number of hydrogen-bond donors (Lipinski definition) is 1. The van der Waals surface area contributed by atoms with Gasteiger partial charge in [0.05, 0.1) is 12.6 Å². The van der Waals surface area contributed by atoms with Crippen LogP contribution in [0.1, 0.15) is 38.7 Å². The second-order valence-corrected chi connectivity index (χ2v) is 6.19. The minimum absolute atomic E-state index is 0.0456. The van der Waals surface area contributed by atoms with E-state index in [1.54, 1.807) is 11.1 Å². The Morgan fingerprint density at radius 3 is 2.85 bits per heavy atom. The van der Waals surface area contributed by atoms with Gasteiger partial charge in [0.15, 0.2) is 0 Å². The van der Waals surface area contributed by atoms with Crippen LogP contribution >= 0.6 is 0 Å². The summed E-state index contributed by atoms with van der Waals surface area (Å²) in [6.45, 7) is 6.04. The number of rotatable bonds is 2. The van der Waals surface area contributed by atoms with Crippen LogP contribution in [-0.2, 0) is 4.74 Å². The highest BCUT2D eigenvalue weighted by molar-refractivity contribution is 5.69. The standard InChI is InChI=1S/C15H22N2O3/c1-15(2,3)20-14(19)17-9-12(7-13(17)10-18)11-5-4-6-16-8-11/h4-6,8,12-13,18H,7,9-10H2,1-3H3/t12?,13-/m0/s1. The fraction of sp³-hybridized carbons (Fsp3) is 0.600. The van der Waals surface area contributed by atoms with Crippen LogP contribution in [0.3, 0.4) is 0 Å². The Labute approximate surface area is 119 Å². The lowest BCUT2D eigenvalue weighted by atomic mass is 9.98. The van der Waals surface area contributed by atoms with E-state index in [-0.39, 0.29) is 24.7 Å². The maximum Gasteiger partial charge on any atom is 0.410 e. The minimum atomic E-state index is -0.524. The highest BCUT2D eigenvalue weighted by atomic mass is 16.6. The zero-order valence-electron chi connectivity index (χ0n) is 12.2. The Balaban J connectivity index is 2.09. The van der Waals surface area contributed by atoms with Gasteiger partial charge >= 0.3 is 6.09 Å². The lowest BCUT2D eigenvalue weighted by Crippen LogP contribution is -2.41. The number of nitrogens with zero attached hydrogens (tertiary/aromatic N) is 2. The molecule has 0 aliphatic carbocycles. The van der Waals surface area contributed by atoms with Gasteiger partial charge in [-0.1, -0.05) is 6.07 Å². The Hall–Kier alpha value is -1.62. The smallest absolute Gasteiger partial charge is 0.410 e. The van der Waals surface area contributed by atoms with E-state index in [2.05, 4.69) is 4.98 Å². The third kappa shape index (κ3) is 3.48. The summed E-state index contributed by atoms with van der Waals surface area (Å²) in [4.78, 5) is 17.9. The largest absolute Gasteiger partial charge is 0.444 e. The van der Waals surface area contributed by atoms with Gasteiger partial charge in [-0.15, -0.1) is 0 Å². The molecule has 1 aromatic heterocycles. The molecule has 1 saturated heterocycles. The van der Waals surface area contributed by atoms with Crippen molar-refractivity contribution in [1.82, 2.24) is 9.88 Å². The Morgan fingerprint density at radius 2 is 2.30 bits per heavy atom. The quantitative estimate of drug-likeness (QED) is 0.900. The van der Waals surface area contributed by atoms with E-state index >= 15 is 0 Å². The maximum absolute atomic E-state index is 12.2. The summed E-state index contributed by atoms with van der Waals surface area (Å²) in [5.41, 5.74) is 0.570. The summed E-state index contributed by atoms with van der Waals surface area (Å²) >= 11 is 0. The van der Waals surface area contributed by atoms with Crippen LogP contribution in [0, 0.1) is 0 Å². The number of likely N-dealkylation sites (tertiary alicyclic amines) is 1. The Morgan fingerprint density at radius 1 is 1.55 bits per heavy atom. The maximum atomic E-state index is 12.2. The molecule has 2 heterocycles. The molecule has 1 fully saturated rings. The molecule has 1 N–H and O–H groups in total. The average Bonchev–Trinajstić information content (AvgIpc) is 2.82. The molecule has 110 valence electrons. The molecule has 0 saturated carbocycles. The molecule has 5 nitrogen and oxygen atoms in total. The molecular formula is C15H22N2O3. The third-order valence-electron chi connectivity index (χ3n) is 3.41. The number of carbonyl (C=O) groups is 1. The number of pyridine rings is 1. The van der Waals surface area contributed by atoms with Gasteiger partial charge in [0.2, 0.25) is 0 Å². The van der Waals surface area contributed by atoms with Gasteiger partial charge < -0.3 is 14.7 Å². The highest BCUT2D eigenvalue weighted by Crippen LogP contribution is 2.32. The monoisotopic (exact) mass is 278 g/mol. The van der Waals surface area contributed by atoms with Crippen molar-refractivity contribution < 1.29 is 14.6 Å². The predicted octanol–water partition coefficient (Wildman–Crippen LogP) is 2.17. The van der Waals surface area contributed by atoms with Crippen molar-refractivity contribution in [3.8, 4) is 0 Å².